The molecule has 0 radical (unpaired) electrons. The minimum Gasteiger partial charge on any atom is -0.481 e. The summed E-state index contributed by atoms with van der Waals surface area (Å²) in [6, 6.07) is 7.04. The Balaban J connectivity index is 1.46. The summed E-state index contributed by atoms with van der Waals surface area (Å²) in [6.07, 6.45) is 2.67. The Hall–Kier alpha value is -2.19. The minimum absolute atomic E-state index is 0.0581. The molecule has 8 heteroatoms. The molecule has 7 nitrogen and oxygen atoms in total. The summed E-state index contributed by atoms with van der Waals surface area (Å²) in [6.45, 7) is 12.2. The van der Waals surface area contributed by atoms with Crippen LogP contribution in [0.3, 0.4) is 0 Å². The second-order valence-corrected chi connectivity index (χ2v) is 10.2. The topological polar surface area (TPSA) is 76.1 Å². The summed E-state index contributed by atoms with van der Waals surface area (Å²) < 4.78 is 13.3. The number of piperidine rings is 1. The van der Waals surface area contributed by atoms with Gasteiger partial charge in [0, 0.05) is 44.5 Å². The smallest absolute Gasteiger partial charge is 0.309 e. The second kappa shape index (κ2) is 12.0. The molecule has 0 bridgehead atoms. The highest BCUT2D eigenvalue weighted by Gasteiger charge is 2.43. The van der Waals surface area contributed by atoms with Crippen molar-refractivity contribution in [2.24, 2.45) is 11.3 Å². The number of benzene rings is 1. The number of nitrogens with one attached hydrogen (secondary N) is 1. The molecule has 34 heavy (non-hydrogen) atoms. The van der Waals surface area contributed by atoms with Gasteiger partial charge in [0.25, 0.3) is 0 Å². The van der Waals surface area contributed by atoms with Crippen LogP contribution in [-0.2, 0) is 9.59 Å². The predicted molar refractivity (Wildman–Crippen MR) is 132 cm³/mol. The van der Waals surface area contributed by atoms with E-state index >= 15 is 0 Å². The number of likely N-dealkylation sites (tertiary alicyclic amines) is 1. The number of halogens is 1. The number of carboxylic acid groups (broad SMARTS) is 1. The van der Waals surface area contributed by atoms with Crippen LogP contribution in [0, 0.1) is 17.2 Å². The third kappa shape index (κ3) is 6.69. The summed E-state index contributed by atoms with van der Waals surface area (Å²) in [5.41, 5.74) is 0.323. The summed E-state index contributed by atoms with van der Waals surface area (Å²) in [4.78, 5) is 31.1. The zero-order chi connectivity index (χ0) is 24.7. The van der Waals surface area contributed by atoms with E-state index < -0.39 is 11.4 Å². The van der Waals surface area contributed by atoms with Crippen LogP contribution < -0.4 is 10.2 Å². The van der Waals surface area contributed by atoms with E-state index in [1.54, 1.807) is 4.90 Å². The van der Waals surface area contributed by atoms with Gasteiger partial charge in [-0.1, -0.05) is 13.8 Å². The van der Waals surface area contributed by atoms with E-state index in [0.717, 1.165) is 44.8 Å². The van der Waals surface area contributed by atoms with Gasteiger partial charge in [0.1, 0.15) is 5.82 Å². The molecule has 2 aliphatic heterocycles. The van der Waals surface area contributed by atoms with Gasteiger partial charge in [-0.15, -0.1) is 0 Å². The van der Waals surface area contributed by atoms with Gasteiger partial charge in [-0.25, -0.2) is 4.39 Å². The molecule has 0 aliphatic carbocycles. The highest BCUT2D eigenvalue weighted by Crippen LogP contribution is 2.39. The SMILES string of the molecule is CCNCC(=O)N1CCC(C[C@@H](C)CCN2CCN(c3ccc(F)cc3)[C@H](C)C2)(C(=O)O)CC1. The number of aliphatic carboxylic acids is 1. The largest absolute Gasteiger partial charge is 0.481 e. The van der Waals surface area contributed by atoms with E-state index in [0.29, 0.717) is 50.9 Å². The Morgan fingerprint density at radius 2 is 1.85 bits per heavy atom. The number of likely N-dealkylation sites (N-methyl/N-ethyl adjacent to an activating group) is 1. The third-order valence-corrected chi connectivity index (χ3v) is 7.60. The molecule has 0 saturated carbocycles. The number of amides is 1. The van der Waals surface area contributed by atoms with Crippen LogP contribution in [0.4, 0.5) is 10.1 Å². The molecule has 2 saturated heterocycles. The Morgan fingerprint density at radius 1 is 1.18 bits per heavy atom. The van der Waals surface area contributed by atoms with Gasteiger partial charge in [-0.05, 0) is 75.9 Å². The molecule has 1 amide bonds. The molecule has 0 unspecified atom stereocenters. The predicted octanol–water partition coefficient (Wildman–Crippen LogP) is 3.06. The summed E-state index contributed by atoms with van der Waals surface area (Å²) in [5, 5.41) is 13.1. The number of hydrogen-bond donors (Lipinski definition) is 2. The lowest BCUT2D eigenvalue weighted by Crippen LogP contribution is -2.52. The molecule has 0 aromatic heterocycles. The number of carbonyl (C=O) groups is 2. The number of anilines is 1. The Kier molecular flexibility index (Phi) is 9.31. The van der Waals surface area contributed by atoms with Crippen molar-refractivity contribution >= 4 is 17.6 Å². The maximum absolute atomic E-state index is 13.3. The van der Waals surface area contributed by atoms with Crippen LogP contribution in [-0.4, -0.2) is 85.2 Å². The van der Waals surface area contributed by atoms with Gasteiger partial charge in [-0.3, -0.25) is 14.5 Å². The Bertz CT molecular complexity index is 811. The van der Waals surface area contributed by atoms with Crippen LogP contribution in [0.25, 0.3) is 0 Å². The Morgan fingerprint density at radius 3 is 2.44 bits per heavy atom. The van der Waals surface area contributed by atoms with E-state index in [2.05, 4.69) is 29.0 Å². The van der Waals surface area contributed by atoms with E-state index in [9.17, 15) is 19.1 Å². The molecule has 2 heterocycles. The second-order valence-electron chi connectivity index (χ2n) is 10.2. The fourth-order valence-electron chi connectivity index (χ4n) is 5.46. The molecular formula is C26H41FN4O3. The highest BCUT2D eigenvalue weighted by molar-refractivity contribution is 5.79. The number of carboxylic acids is 1. The van der Waals surface area contributed by atoms with Crippen LogP contribution >= 0.6 is 0 Å². The lowest BCUT2D eigenvalue weighted by Gasteiger charge is -2.42. The van der Waals surface area contributed by atoms with Crippen molar-refractivity contribution in [1.82, 2.24) is 15.1 Å². The van der Waals surface area contributed by atoms with Gasteiger partial charge in [-0.2, -0.15) is 0 Å². The fraction of sp³-hybridized carbons (Fsp3) is 0.692. The minimum atomic E-state index is -0.733. The molecule has 1 aromatic carbocycles. The molecular weight excluding hydrogens is 435 g/mol. The average Bonchev–Trinajstić information content (AvgIpc) is 2.82. The van der Waals surface area contributed by atoms with Crippen LogP contribution in [0.15, 0.2) is 24.3 Å². The maximum atomic E-state index is 13.3. The fourth-order valence-corrected chi connectivity index (χ4v) is 5.46. The molecule has 2 aliphatic rings. The average molecular weight is 477 g/mol. The van der Waals surface area contributed by atoms with Crippen molar-refractivity contribution in [2.45, 2.75) is 52.5 Å². The maximum Gasteiger partial charge on any atom is 0.309 e. The molecule has 0 spiro atoms. The first-order chi connectivity index (χ1) is 16.2. The van der Waals surface area contributed by atoms with E-state index in [1.807, 2.05) is 19.1 Å². The number of carbonyl (C=O) groups excluding carboxylic acids is 1. The normalized spacial score (nSPS) is 21.9. The highest BCUT2D eigenvalue weighted by atomic mass is 19.1. The van der Waals surface area contributed by atoms with E-state index in [-0.39, 0.29) is 11.7 Å². The van der Waals surface area contributed by atoms with Crippen molar-refractivity contribution in [3.8, 4) is 0 Å². The van der Waals surface area contributed by atoms with Crippen LogP contribution in [0.1, 0.15) is 46.5 Å². The molecule has 190 valence electrons. The van der Waals surface area contributed by atoms with E-state index in [4.69, 9.17) is 0 Å². The number of nitrogens with zero attached hydrogens (tertiary/aromatic N) is 3. The van der Waals surface area contributed by atoms with Gasteiger partial charge in [0.05, 0.1) is 12.0 Å². The van der Waals surface area contributed by atoms with Crippen LogP contribution in [0.2, 0.25) is 0 Å². The molecule has 2 fully saturated rings. The lowest BCUT2D eigenvalue weighted by atomic mass is 9.72. The first kappa shape index (κ1) is 26.4. The zero-order valence-corrected chi connectivity index (χ0v) is 20.9. The number of piperazine rings is 1. The first-order valence-corrected chi connectivity index (χ1v) is 12.7. The summed E-state index contributed by atoms with van der Waals surface area (Å²) >= 11 is 0. The zero-order valence-electron chi connectivity index (χ0n) is 20.9. The van der Waals surface area contributed by atoms with Crippen molar-refractivity contribution in [1.29, 1.82) is 0 Å². The lowest BCUT2D eigenvalue weighted by molar-refractivity contribution is -0.155. The van der Waals surface area contributed by atoms with Crippen molar-refractivity contribution in [3.05, 3.63) is 30.1 Å². The van der Waals surface area contributed by atoms with Gasteiger partial charge < -0.3 is 20.2 Å². The molecule has 2 atom stereocenters. The summed E-state index contributed by atoms with van der Waals surface area (Å²) in [5.74, 6) is -0.582. The van der Waals surface area contributed by atoms with Crippen molar-refractivity contribution < 1.29 is 19.1 Å². The van der Waals surface area contributed by atoms with Crippen molar-refractivity contribution in [2.75, 3.05) is 57.3 Å². The molecule has 1 aromatic rings. The summed E-state index contributed by atoms with van der Waals surface area (Å²) in [7, 11) is 0. The molecule has 2 N–H and O–H groups in total. The van der Waals surface area contributed by atoms with Gasteiger partial charge in [0.2, 0.25) is 5.91 Å². The monoisotopic (exact) mass is 476 g/mol. The van der Waals surface area contributed by atoms with Crippen LogP contribution in [0.5, 0.6) is 0 Å². The third-order valence-electron chi connectivity index (χ3n) is 7.60. The Labute approximate surface area is 203 Å². The van der Waals surface area contributed by atoms with Gasteiger partial charge >= 0.3 is 5.97 Å². The molecule has 3 rings (SSSR count). The first-order valence-electron chi connectivity index (χ1n) is 12.7. The number of rotatable bonds is 10. The van der Waals surface area contributed by atoms with E-state index in [1.165, 1.54) is 12.1 Å². The van der Waals surface area contributed by atoms with Gasteiger partial charge in [0.15, 0.2) is 0 Å². The quantitative estimate of drug-likeness (QED) is 0.541. The number of hydrogen-bond acceptors (Lipinski definition) is 5. The standard InChI is InChI=1S/C26H41FN4O3/c1-4-28-18-24(32)30-13-10-26(11-14-30,25(33)34)17-20(2)9-12-29-15-16-31(21(3)19-29)23-7-5-22(27)6-8-23/h5-8,20-21,28H,4,9-19H2,1-3H3,(H,33,34)/t20-,21+/m0/s1. The van der Waals surface area contributed by atoms with Crippen molar-refractivity contribution in [3.63, 3.8) is 0 Å².